The van der Waals surface area contributed by atoms with Crippen molar-refractivity contribution in [1.82, 2.24) is 0 Å². The number of hydrogen-bond acceptors (Lipinski definition) is 3. The van der Waals surface area contributed by atoms with Crippen molar-refractivity contribution in [1.29, 1.82) is 0 Å². The van der Waals surface area contributed by atoms with Crippen LogP contribution in [-0.2, 0) is 14.4 Å². The first kappa shape index (κ1) is 15.0. The number of fused-ring (bicyclic) bond motifs is 5. The molecule has 0 aromatic heterocycles. The lowest BCUT2D eigenvalue weighted by atomic mass is 9.50. The van der Waals surface area contributed by atoms with E-state index in [1.807, 2.05) is 6.08 Å². The summed E-state index contributed by atoms with van der Waals surface area (Å²) in [5, 5.41) is 0. The Labute approximate surface area is 137 Å². The predicted octanol–water partition coefficient (Wildman–Crippen LogP) is 3.58. The van der Waals surface area contributed by atoms with E-state index in [0.29, 0.717) is 36.9 Å². The molecule has 3 heteroatoms. The summed E-state index contributed by atoms with van der Waals surface area (Å²) < 4.78 is 0. The lowest BCUT2D eigenvalue weighted by Crippen LogP contribution is -2.45. The predicted molar refractivity (Wildman–Crippen MR) is 86.7 cm³/mol. The summed E-state index contributed by atoms with van der Waals surface area (Å²) in [7, 11) is 0. The van der Waals surface area contributed by atoms with Crippen molar-refractivity contribution in [3.05, 3.63) is 23.3 Å². The number of ketones is 2. The maximum absolute atomic E-state index is 12.4. The standard InChI is InChI=1S/C20H24O3/c1-19-8-7-17-15(16(19)4-5-18(19)23)3-2-13-12-14(22)6-9-20(13,17)10-11-21/h7,11-12,15-16H,2-6,8-10H2,1H3/t15?,16?,19?,20-/m1/s1. The van der Waals surface area contributed by atoms with Crippen LogP contribution in [0.4, 0.5) is 0 Å². The monoisotopic (exact) mass is 312 g/mol. The highest BCUT2D eigenvalue weighted by atomic mass is 16.1. The van der Waals surface area contributed by atoms with Gasteiger partial charge in [-0.05, 0) is 50.0 Å². The molecule has 0 amide bonds. The lowest BCUT2D eigenvalue weighted by Gasteiger charge is -2.53. The van der Waals surface area contributed by atoms with Crippen LogP contribution >= 0.6 is 0 Å². The first-order chi connectivity index (χ1) is 11.0. The third-order valence-electron chi connectivity index (χ3n) is 7.23. The van der Waals surface area contributed by atoms with Gasteiger partial charge in [-0.3, -0.25) is 9.59 Å². The molecule has 3 nitrogen and oxygen atoms in total. The average Bonchev–Trinajstić information content (AvgIpc) is 2.84. The molecule has 0 spiro atoms. The van der Waals surface area contributed by atoms with Gasteiger partial charge < -0.3 is 4.79 Å². The molecule has 4 aliphatic carbocycles. The van der Waals surface area contributed by atoms with E-state index in [9.17, 15) is 14.4 Å². The summed E-state index contributed by atoms with van der Waals surface area (Å²) in [6.45, 7) is 2.14. The van der Waals surface area contributed by atoms with Crippen LogP contribution < -0.4 is 0 Å². The molecule has 2 fully saturated rings. The van der Waals surface area contributed by atoms with Gasteiger partial charge in [0.2, 0.25) is 0 Å². The normalized spacial score (nSPS) is 42.3. The van der Waals surface area contributed by atoms with Gasteiger partial charge in [0, 0.05) is 30.1 Å². The molecular weight excluding hydrogens is 288 g/mol. The van der Waals surface area contributed by atoms with Gasteiger partial charge in [0.05, 0.1) is 0 Å². The topological polar surface area (TPSA) is 51.2 Å². The Morgan fingerprint density at radius 2 is 2.04 bits per heavy atom. The third-order valence-corrected chi connectivity index (χ3v) is 7.23. The Kier molecular flexibility index (Phi) is 3.26. The zero-order valence-corrected chi connectivity index (χ0v) is 13.8. The molecular formula is C20H24O3. The minimum absolute atomic E-state index is 0.192. The van der Waals surface area contributed by atoms with E-state index in [4.69, 9.17) is 0 Å². The van der Waals surface area contributed by atoms with Crippen LogP contribution in [0.15, 0.2) is 23.3 Å². The van der Waals surface area contributed by atoms with Crippen molar-refractivity contribution in [2.45, 2.75) is 58.3 Å². The van der Waals surface area contributed by atoms with Gasteiger partial charge in [-0.25, -0.2) is 0 Å². The van der Waals surface area contributed by atoms with E-state index in [2.05, 4.69) is 13.0 Å². The molecule has 4 aliphatic rings. The molecule has 0 saturated heterocycles. The van der Waals surface area contributed by atoms with Crippen LogP contribution in [0.1, 0.15) is 58.3 Å². The highest BCUT2D eigenvalue weighted by Gasteiger charge is 2.56. The average molecular weight is 312 g/mol. The van der Waals surface area contributed by atoms with Gasteiger partial charge in [0.1, 0.15) is 12.1 Å². The number of Topliss-reactive ketones (excluding diaryl/α,β-unsaturated/α-hetero) is 1. The summed E-state index contributed by atoms with van der Waals surface area (Å²) >= 11 is 0. The van der Waals surface area contributed by atoms with Gasteiger partial charge in [0.25, 0.3) is 0 Å². The van der Waals surface area contributed by atoms with Crippen molar-refractivity contribution >= 4 is 17.9 Å². The third kappa shape index (κ3) is 1.91. The second kappa shape index (κ2) is 4.99. The second-order valence-electron chi connectivity index (χ2n) is 8.08. The summed E-state index contributed by atoms with van der Waals surface area (Å²) in [6, 6.07) is 0. The van der Waals surface area contributed by atoms with E-state index in [-0.39, 0.29) is 16.6 Å². The Morgan fingerprint density at radius 1 is 1.22 bits per heavy atom. The fourth-order valence-corrected chi connectivity index (χ4v) is 5.95. The van der Waals surface area contributed by atoms with Gasteiger partial charge in [-0.15, -0.1) is 0 Å². The maximum atomic E-state index is 12.4. The zero-order valence-electron chi connectivity index (χ0n) is 13.8. The molecule has 122 valence electrons. The number of hydrogen-bond donors (Lipinski definition) is 0. The van der Waals surface area contributed by atoms with Gasteiger partial charge in [-0.1, -0.05) is 24.1 Å². The Balaban J connectivity index is 1.81. The van der Waals surface area contributed by atoms with Crippen LogP contribution in [0.2, 0.25) is 0 Å². The van der Waals surface area contributed by atoms with Crippen molar-refractivity contribution < 1.29 is 14.4 Å². The first-order valence-corrected chi connectivity index (χ1v) is 8.92. The number of aldehydes is 1. The number of carbonyl (C=O) groups excluding carboxylic acids is 3. The molecule has 2 saturated carbocycles. The smallest absolute Gasteiger partial charge is 0.155 e. The maximum Gasteiger partial charge on any atom is 0.155 e. The SMILES string of the molecule is CC12CC=C3C(CCC4=CC(=O)CC[C@@]43CC=O)C1CCC2=O. The molecule has 0 radical (unpaired) electrons. The summed E-state index contributed by atoms with van der Waals surface area (Å²) in [5.41, 5.74) is 2.15. The van der Waals surface area contributed by atoms with Crippen molar-refractivity contribution in [2.24, 2.45) is 22.7 Å². The zero-order chi connectivity index (χ0) is 16.2. The van der Waals surface area contributed by atoms with E-state index in [1.165, 1.54) is 11.1 Å². The molecule has 23 heavy (non-hydrogen) atoms. The summed E-state index contributed by atoms with van der Waals surface area (Å²) in [5.74, 6) is 1.47. The highest BCUT2D eigenvalue weighted by Crippen LogP contribution is 2.63. The van der Waals surface area contributed by atoms with E-state index in [0.717, 1.165) is 38.4 Å². The number of allylic oxidation sites excluding steroid dienone is 4. The highest BCUT2D eigenvalue weighted by molar-refractivity contribution is 5.92. The van der Waals surface area contributed by atoms with Crippen molar-refractivity contribution in [3.63, 3.8) is 0 Å². The summed E-state index contributed by atoms with van der Waals surface area (Å²) in [6.07, 6.45) is 11.4. The Hall–Kier alpha value is -1.51. The molecule has 3 unspecified atom stereocenters. The van der Waals surface area contributed by atoms with Crippen molar-refractivity contribution in [3.8, 4) is 0 Å². The van der Waals surface area contributed by atoms with Crippen LogP contribution in [-0.4, -0.2) is 17.9 Å². The second-order valence-corrected chi connectivity index (χ2v) is 8.08. The molecule has 4 atom stereocenters. The van der Waals surface area contributed by atoms with Crippen LogP contribution in [0.25, 0.3) is 0 Å². The van der Waals surface area contributed by atoms with Gasteiger partial charge >= 0.3 is 0 Å². The number of rotatable bonds is 2. The fraction of sp³-hybridized carbons (Fsp3) is 0.650. The molecule has 4 rings (SSSR count). The van der Waals surface area contributed by atoms with Gasteiger partial charge in [0.15, 0.2) is 5.78 Å². The summed E-state index contributed by atoms with van der Waals surface area (Å²) in [4.78, 5) is 35.7. The molecule has 0 N–H and O–H groups in total. The van der Waals surface area contributed by atoms with Crippen LogP contribution in [0.3, 0.4) is 0 Å². The minimum atomic E-state index is -0.217. The number of carbonyl (C=O) groups is 3. The molecule has 0 aliphatic heterocycles. The van der Waals surface area contributed by atoms with Crippen molar-refractivity contribution in [2.75, 3.05) is 0 Å². The minimum Gasteiger partial charge on any atom is -0.303 e. The molecule has 0 aromatic carbocycles. The first-order valence-electron chi connectivity index (χ1n) is 8.92. The van der Waals surface area contributed by atoms with Gasteiger partial charge in [-0.2, -0.15) is 0 Å². The Morgan fingerprint density at radius 3 is 2.83 bits per heavy atom. The van der Waals surface area contributed by atoms with Crippen LogP contribution in [0, 0.1) is 22.7 Å². The van der Waals surface area contributed by atoms with Crippen LogP contribution in [0.5, 0.6) is 0 Å². The molecule has 0 heterocycles. The van der Waals surface area contributed by atoms with E-state index in [1.54, 1.807) is 0 Å². The Bertz CT molecular complexity index is 656. The molecule has 0 aromatic rings. The fourth-order valence-electron chi connectivity index (χ4n) is 5.95. The molecule has 0 bridgehead atoms. The largest absolute Gasteiger partial charge is 0.303 e. The van der Waals surface area contributed by atoms with E-state index >= 15 is 0 Å². The lowest BCUT2D eigenvalue weighted by molar-refractivity contribution is -0.127. The van der Waals surface area contributed by atoms with E-state index < -0.39 is 0 Å². The quantitative estimate of drug-likeness (QED) is 0.578.